The van der Waals surface area contributed by atoms with Crippen LogP contribution in [0.25, 0.3) is 0 Å². The summed E-state index contributed by atoms with van der Waals surface area (Å²) in [6.45, 7) is 1.02. The van der Waals surface area contributed by atoms with E-state index in [0.717, 1.165) is 12.4 Å². The Kier molecular flexibility index (Phi) is 5.33. The summed E-state index contributed by atoms with van der Waals surface area (Å²) in [6, 6.07) is 0. The highest BCUT2D eigenvalue weighted by molar-refractivity contribution is 8.93. The molecule has 0 unspecified atom stereocenters. The third-order valence-corrected chi connectivity index (χ3v) is 1.79. The molecule has 2 nitrogen and oxygen atoms in total. The van der Waals surface area contributed by atoms with Gasteiger partial charge < -0.3 is 10.0 Å². The molecule has 1 rings (SSSR count). The van der Waals surface area contributed by atoms with Crippen LogP contribution >= 0.6 is 28.7 Å². The van der Waals surface area contributed by atoms with Crippen LogP contribution in [-0.2, 0) is 0 Å². The number of nitrogens with zero attached hydrogens (tertiary/aromatic N) is 1. The van der Waals surface area contributed by atoms with E-state index in [2.05, 4.69) is 4.90 Å². The van der Waals surface area contributed by atoms with Gasteiger partial charge >= 0.3 is 0 Å². The zero-order chi connectivity index (χ0) is 5.82. The van der Waals surface area contributed by atoms with Gasteiger partial charge in [0.25, 0.3) is 0 Å². The monoisotopic (exact) mass is 211 g/mol. The molecule has 0 saturated carbocycles. The van der Waals surface area contributed by atoms with Gasteiger partial charge in [-0.15, -0.1) is 28.7 Å². The van der Waals surface area contributed by atoms with Crippen molar-refractivity contribution in [1.82, 2.24) is 4.90 Å². The maximum atomic E-state index is 8.44. The van der Waals surface area contributed by atoms with Crippen molar-refractivity contribution in [3.63, 3.8) is 0 Å². The predicted octanol–water partition coefficient (Wildman–Crippen LogP) is 1.03. The molecule has 54 valence electrons. The van der Waals surface area contributed by atoms with Crippen LogP contribution in [-0.4, -0.2) is 29.0 Å². The Balaban J connectivity index is 0.000000640. The van der Waals surface area contributed by atoms with Gasteiger partial charge in [-0.05, 0) is 5.41 Å². The molecule has 0 spiro atoms. The Bertz CT molecular complexity index is 99.0. The zero-order valence-corrected chi connectivity index (χ0v) is 7.52. The average molecular weight is 212 g/mol. The van der Waals surface area contributed by atoms with E-state index < -0.39 is 0 Å². The van der Waals surface area contributed by atoms with Crippen LogP contribution in [0.5, 0.6) is 0 Å². The lowest BCUT2D eigenvalue weighted by molar-refractivity contribution is 0.252. The maximum Gasteiger partial charge on any atom is 0.0676 e. The van der Waals surface area contributed by atoms with E-state index in [1.807, 2.05) is 11.6 Å². The molecule has 1 N–H and O–H groups in total. The van der Waals surface area contributed by atoms with Crippen LogP contribution in [0.4, 0.5) is 0 Å². The smallest absolute Gasteiger partial charge is 0.0676 e. The van der Waals surface area contributed by atoms with Gasteiger partial charge in [0.1, 0.15) is 0 Å². The van der Waals surface area contributed by atoms with Gasteiger partial charge in [-0.2, -0.15) is 0 Å². The minimum atomic E-state index is 0. The van der Waals surface area contributed by atoms with Crippen molar-refractivity contribution in [1.29, 1.82) is 0 Å². The van der Waals surface area contributed by atoms with Crippen LogP contribution in [0.2, 0.25) is 0 Å². The first-order chi connectivity index (χ1) is 3.93. The molecule has 0 aromatic rings. The third kappa shape index (κ3) is 3.13. The van der Waals surface area contributed by atoms with Gasteiger partial charge in [0.15, 0.2) is 0 Å². The van der Waals surface area contributed by atoms with Crippen molar-refractivity contribution < 1.29 is 5.11 Å². The van der Waals surface area contributed by atoms with Gasteiger partial charge in [-0.25, -0.2) is 0 Å². The maximum absolute atomic E-state index is 8.44. The van der Waals surface area contributed by atoms with Gasteiger partial charge in [0.05, 0.1) is 12.5 Å². The molecule has 0 radical (unpaired) electrons. The molecule has 0 bridgehead atoms. The molecule has 4 heteroatoms. The fourth-order valence-corrected chi connectivity index (χ4v) is 1.33. The summed E-state index contributed by atoms with van der Waals surface area (Å²) in [5, 5.41) is 10.5. The van der Waals surface area contributed by atoms with Crippen LogP contribution in [0, 0.1) is 0 Å². The molecule has 0 aromatic heterocycles. The highest BCUT2D eigenvalue weighted by Crippen LogP contribution is 2.13. The number of hydrogen-bond donors (Lipinski definition) is 1. The van der Waals surface area contributed by atoms with Crippen molar-refractivity contribution in [2.24, 2.45) is 0 Å². The number of aliphatic hydroxyl groups is 1. The quantitative estimate of drug-likeness (QED) is 0.739. The summed E-state index contributed by atoms with van der Waals surface area (Å²) in [6.07, 6.45) is 2.00. The van der Waals surface area contributed by atoms with Crippen molar-refractivity contribution in [3.8, 4) is 0 Å². The molecular formula is C5H10BrNOS. The molecular weight excluding hydrogens is 202 g/mol. The molecule has 0 aliphatic carbocycles. The van der Waals surface area contributed by atoms with Crippen molar-refractivity contribution in [2.45, 2.75) is 0 Å². The minimum absolute atomic E-state index is 0. The number of aliphatic hydroxyl groups excluding tert-OH is 1. The predicted molar refractivity (Wildman–Crippen MR) is 45.7 cm³/mol. The standard InChI is InChI=1S/C5H9NOS.BrH/c7-3-1-6-2-4-8-5-6;/h2,4,7H,1,3,5H2;1H. The zero-order valence-electron chi connectivity index (χ0n) is 4.99. The van der Waals surface area contributed by atoms with E-state index >= 15 is 0 Å². The first-order valence-electron chi connectivity index (χ1n) is 2.56. The van der Waals surface area contributed by atoms with Crippen LogP contribution in [0.15, 0.2) is 11.6 Å². The second-order valence-corrected chi connectivity index (χ2v) is 2.48. The average Bonchev–Trinajstić information content (AvgIpc) is 2.19. The molecule has 1 aliphatic heterocycles. The Morgan fingerprint density at radius 2 is 2.44 bits per heavy atom. The van der Waals surface area contributed by atoms with E-state index in [-0.39, 0.29) is 23.6 Å². The lowest BCUT2D eigenvalue weighted by Crippen LogP contribution is -2.17. The lowest BCUT2D eigenvalue weighted by Gasteiger charge is -2.10. The highest BCUT2D eigenvalue weighted by Gasteiger charge is 2.00. The largest absolute Gasteiger partial charge is 0.395 e. The second-order valence-electron chi connectivity index (χ2n) is 1.62. The molecule has 0 atom stereocenters. The molecule has 1 heterocycles. The fourth-order valence-electron chi connectivity index (χ4n) is 0.578. The van der Waals surface area contributed by atoms with Crippen molar-refractivity contribution in [3.05, 3.63) is 11.6 Å². The fraction of sp³-hybridized carbons (Fsp3) is 0.600. The lowest BCUT2D eigenvalue weighted by atomic mass is 10.6. The summed E-state index contributed by atoms with van der Waals surface area (Å²) < 4.78 is 0. The Morgan fingerprint density at radius 1 is 1.67 bits per heavy atom. The highest BCUT2D eigenvalue weighted by atomic mass is 79.9. The van der Waals surface area contributed by atoms with E-state index in [4.69, 9.17) is 5.11 Å². The summed E-state index contributed by atoms with van der Waals surface area (Å²) in [5.74, 6) is 1.00. The molecule has 1 aliphatic rings. The SMILES string of the molecule is Br.OCCN1C=CSC1. The van der Waals surface area contributed by atoms with Gasteiger partial charge in [-0.3, -0.25) is 0 Å². The van der Waals surface area contributed by atoms with Gasteiger partial charge in [0, 0.05) is 12.7 Å². The molecule has 0 aromatic carbocycles. The number of thioether (sulfide) groups is 1. The summed E-state index contributed by atoms with van der Waals surface area (Å²) in [4.78, 5) is 2.07. The van der Waals surface area contributed by atoms with Crippen LogP contribution in [0.3, 0.4) is 0 Å². The summed E-state index contributed by atoms with van der Waals surface area (Å²) >= 11 is 1.76. The Morgan fingerprint density at radius 3 is 2.89 bits per heavy atom. The van der Waals surface area contributed by atoms with Gasteiger partial charge in [0.2, 0.25) is 0 Å². The molecule has 0 amide bonds. The Labute approximate surface area is 69.7 Å². The van der Waals surface area contributed by atoms with Gasteiger partial charge in [-0.1, -0.05) is 0 Å². The van der Waals surface area contributed by atoms with Crippen LogP contribution < -0.4 is 0 Å². The number of hydrogen-bond acceptors (Lipinski definition) is 3. The molecule has 0 fully saturated rings. The summed E-state index contributed by atoms with van der Waals surface area (Å²) in [7, 11) is 0. The van der Waals surface area contributed by atoms with E-state index in [1.165, 1.54) is 0 Å². The van der Waals surface area contributed by atoms with E-state index in [0.29, 0.717) is 0 Å². The number of halogens is 1. The number of β-amino-alcohol motifs (C(OH)–C–C–N with tert-alkyl or cyclic N) is 1. The summed E-state index contributed by atoms with van der Waals surface area (Å²) in [5.41, 5.74) is 0. The van der Waals surface area contributed by atoms with E-state index in [9.17, 15) is 0 Å². The third-order valence-electron chi connectivity index (χ3n) is 0.995. The molecule has 0 saturated heterocycles. The number of rotatable bonds is 2. The first-order valence-corrected chi connectivity index (χ1v) is 3.61. The normalized spacial score (nSPS) is 15.9. The van der Waals surface area contributed by atoms with Crippen molar-refractivity contribution >= 4 is 28.7 Å². The molecule has 9 heavy (non-hydrogen) atoms. The Hall–Kier alpha value is 0.330. The topological polar surface area (TPSA) is 23.5 Å². The minimum Gasteiger partial charge on any atom is -0.395 e. The second kappa shape index (κ2) is 5.14. The first kappa shape index (κ1) is 9.33. The van der Waals surface area contributed by atoms with Crippen molar-refractivity contribution in [2.75, 3.05) is 19.0 Å². The van der Waals surface area contributed by atoms with E-state index in [1.54, 1.807) is 11.8 Å². The van der Waals surface area contributed by atoms with Crippen LogP contribution in [0.1, 0.15) is 0 Å².